The molecule has 0 spiro atoms. The van der Waals surface area contributed by atoms with Gasteiger partial charge in [0.15, 0.2) is 0 Å². The second-order valence-corrected chi connectivity index (χ2v) is 12.7. The van der Waals surface area contributed by atoms with Crippen molar-refractivity contribution in [3.05, 3.63) is 142 Å². The molecule has 0 aliphatic heterocycles. The highest BCUT2D eigenvalue weighted by Crippen LogP contribution is 2.42. The smallest absolute Gasteiger partial charge is 0.247 e. The summed E-state index contributed by atoms with van der Waals surface area (Å²) in [5.41, 5.74) is 8.01. The van der Waals surface area contributed by atoms with Crippen molar-refractivity contribution in [3.63, 3.8) is 0 Å². The Kier molecular flexibility index (Phi) is 10.6. The zero-order valence-electron chi connectivity index (χ0n) is 26.0. The van der Waals surface area contributed by atoms with Gasteiger partial charge in [-0.2, -0.15) is 0 Å². The van der Waals surface area contributed by atoms with Crippen LogP contribution in [-0.2, 0) is 33.9 Å². The maximum Gasteiger partial charge on any atom is 0.247 e. The molecular weight excluding hydrogens is 613 g/mol. The average molecular weight is 650 g/mol. The highest BCUT2D eigenvalue weighted by molar-refractivity contribution is 6.30. The van der Waals surface area contributed by atoms with Gasteiger partial charge in [-0.3, -0.25) is 19.4 Å². The predicted molar refractivity (Wildman–Crippen MR) is 183 cm³/mol. The minimum Gasteiger partial charge on any atom is -0.326 e. The standard InChI is InChI=1S/C39H37ClFN3O3/c40-31-14-17-33(18-15-31)43-39(46)35(30-12-10-29(11-13-30)34-20-21-42-37-19-16-32(41)24-36(34)37)22-26-6-8-27(9-7-26)23-38(45)44-47-25-28-4-2-1-3-5-28/h1-9,14-21,24,29-30,35H,10-13,22-23,25H2,(H,43,46)(H,44,45)/t29-,30+,35?. The van der Waals surface area contributed by atoms with E-state index in [1.165, 1.54) is 6.07 Å². The number of hydrogen-bond acceptors (Lipinski definition) is 4. The second kappa shape index (κ2) is 15.3. The molecule has 6 nitrogen and oxygen atoms in total. The molecule has 47 heavy (non-hydrogen) atoms. The molecule has 1 heterocycles. The molecule has 1 aliphatic rings. The van der Waals surface area contributed by atoms with E-state index in [1.807, 2.05) is 72.8 Å². The van der Waals surface area contributed by atoms with Gasteiger partial charge in [0.05, 0.1) is 18.5 Å². The van der Waals surface area contributed by atoms with Crippen molar-refractivity contribution >= 4 is 40.0 Å². The molecule has 1 aliphatic carbocycles. The molecular formula is C39H37ClFN3O3. The predicted octanol–water partition coefficient (Wildman–Crippen LogP) is 8.59. The summed E-state index contributed by atoms with van der Waals surface area (Å²) in [6.07, 6.45) is 6.14. The molecule has 4 aromatic carbocycles. The van der Waals surface area contributed by atoms with Crippen molar-refractivity contribution in [2.45, 2.75) is 51.0 Å². The van der Waals surface area contributed by atoms with E-state index in [1.54, 1.807) is 30.5 Å². The number of rotatable bonds is 11. The molecule has 1 fully saturated rings. The first-order valence-electron chi connectivity index (χ1n) is 16.0. The van der Waals surface area contributed by atoms with Crippen LogP contribution >= 0.6 is 11.6 Å². The van der Waals surface area contributed by atoms with E-state index < -0.39 is 0 Å². The molecule has 5 aromatic rings. The fraction of sp³-hybridized carbons (Fsp3) is 0.256. The first-order valence-corrected chi connectivity index (χ1v) is 16.4. The number of hydrogen-bond donors (Lipinski definition) is 2. The maximum absolute atomic E-state index is 14.1. The second-order valence-electron chi connectivity index (χ2n) is 12.3. The number of benzene rings is 4. The van der Waals surface area contributed by atoms with Crippen molar-refractivity contribution in [1.82, 2.24) is 10.5 Å². The van der Waals surface area contributed by atoms with Crippen molar-refractivity contribution in [2.75, 3.05) is 5.32 Å². The number of fused-ring (bicyclic) bond motifs is 1. The monoisotopic (exact) mass is 649 g/mol. The van der Waals surface area contributed by atoms with Gasteiger partial charge in [0, 0.05) is 28.2 Å². The zero-order chi connectivity index (χ0) is 32.6. The summed E-state index contributed by atoms with van der Waals surface area (Å²) in [6, 6.07) is 31.4. The van der Waals surface area contributed by atoms with Crippen molar-refractivity contribution in [2.24, 2.45) is 11.8 Å². The first kappa shape index (κ1) is 32.4. The highest BCUT2D eigenvalue weighted by atomic mass is 35.5. The van der Waals surface area contributed by atoms with Crippen LogP contribution in [0.2, 0.25) is 5.02 Å². The third-order valence-corrected chi connectivity index (χ3v) is 9.33. The van der Waals surface area contributed by atoms with Gasteiger partial charge in [0.1, 0.15) is 5.82 Å². The van der Waals surface area contributed by atoms with Crippen LogP contribution in [0.4, 0.5) is 10.1 Å². The lowest BCUT2D eigenvalue weighted by molar-refractivity contribution is -0.133. The summed E-state index contributed by atoms with van der Waals surface area (Å²) in [6.45, 7) is 0.296. The number of anilines is 1. The number of aromatic nitrogens is 1. The number of pyridine rings is 1. The topological polar surface area (TPSA) is 80.3 Å². The van der Waals surface area contributed by atoms with Crippen LogP contribution in [-0.4, -0.2) is 16.8 Å². The van der Waals surface area contributed by atoms with Crippen molar-refractivity contribution < 1.29 is 18.8 Å². The van der Waals surface area contributed by atoms with E-state index in [4.69, 9.17) is 16.4 Å². The lowest BCUT2D eigenvalue weighted by Gasteiger charge is -2.34. The van der Waals surface area contributed by atoms with E-state index in [9.17, 15) is 14.0 Å². The van der Waals surface area contributed by atoms with E-state index in [0.717, 1.165) is 58.8 Å². The Hall–Kier alpha value is -4.59. The van der Waals surface area contributed by atoms with Crippen LogP contribution in [0.15, 0.2) is 109 Å². The number of nitrogens with zero attached hydrogens (tertiary/aromatic N) is 1. The molecule has 240 valence electrons. The van der Waals surface area contributed by atoms with Crippen LogP contribution < -0.4 is 10.8 Å². The molecule has 2 amide bonds. The summed E-state index contributed by atoms with van der Waals surface area (Å²) in [4.78, 5) is 36.1. The van der Waals surface area contributed by atoms with Gasteiger partial charge in [-0.15, -0.1) is 0 Å². The molecule has 1 aromatic heterocycles. The van der Waals surface area contributed by atoms with E-state index in [2.05, 4.69) is 15.8 Å². The van der Waals surface area contributed by atoms with Gasteiger partial charge in [0.2, 0.25) is 11.8 Å². The third kappa shape index (κ3) is 8.61. The minimum atomic E-state index is -0.262. The van der Waals surface area contributed by atoms with Gasteiger partial charge in [0.25, 0.3) is 0 Å². The van der Waals surface area contributed by atoms with Gasteiger partial charge in [-0.1, -0.05) is 66.2 Å². The molecule has 1 saturated carbocycles. The molecule has 0 saturated heterocycles. The quantitative estimate of drug-likeness (QED) is 0.141. The number of carbonyl (C=O) groups is 2. The van der Waals surface area contributed by atoms with E-state index in [-0.39, 0.29) is 41.8 Å². The summed E-state index contributed by atoms with van der Waals surface area (Å²) in [7, 11) is 0. The Morgan fingerprint density at radius 3 is 2.32 bits per heavy atom. The van der Waals surface area contributed by atoms with Crippen LogP contribution in [0.1, 0.15) is 53.9 Å². The maximum atomic E-state index is 14.1. The Morgan fingerprint density at radius 1 is 0.851 bits per heavy atom. The highest BCUT2D eigenvalue weighted by Gasteiger charge is 2.33. The Morgan fingerprint density at radius 2 is 1.57 bits per heavy atom. The van der Waals surface area contributed by atoms with Crippen LogP contribution in [0, 0.1) is 17.7 Å². The zero-order valence-corrected chi connectivity index (χ0v) is 26.8. The summed E-state index contributed by atoms with van der Waals surface area (Å²) >= 11 is 6.07. The Balaban J connectivity index is 1.11. The van der Waals surface area contributed by atoms with Gasteiger partial charge in [-0.25, -0.2) is 9.87 Å². The Labute approximate surface area is 279 Å². The number of halogens is 2. The lowest BCUT2D eigenvalue weighted by Crippen LogP contribution is -2.33. The minimum absolute atomic E-state index is 0.0220. The normalized spacial score (nSPS) is 16.8. The van der Waals surface area contributed by atoms with E-state index in [0.29, 0.717) is 23.7 Å². The summed E-state index contributed by atoms with van der Waals surface area (Å²) < 4.78 is 14.1. The van der Waals surface area contributed by atoms with Crippen molar-refractivity contribution in [1.29, 1.82) is 0 Å². The fourth-order valence-electron chi connectivity index (χ4n) is 6.61. The van der Waals surface area contributed by atoms with Crippen molar-refractivity contribution in [3.8, 4) is 0 Å². The first-order chi connectivity index (χ1) is 22.9. The molecule has 1 unspecified atom stereocenters. The third-order valence-electron chi connectivity index (χ3n) is 9.08. The summed E-state index contributed by atoms with van der Waals surface area (Å²) in [5, 5.41) is 4.59. The van der Waals surface area contributed by atoms with Gasteiger partial charge in [-0.05, 0) is 115 Å². The molecule has 8 heteroatoms. The molecule has 1 atom stereocenters. The molecule has 2 N–H and O–H groups in total. The number of nitrogens with one attached hydrogen (secondary N) is 2. The average Bonchev–Trinajstić information content (AvgIpc) is 3.09. The fourth-order valence-corrected chi connectivity index (χ4v) is 6.74. The van der Waals surface area contributed by atoms with Crippen LogP contribution in [0.5, 0.6) is 0 Å². The van der Waals surface area contributed by atoms with E-state index >= 15 is 0 Å². The van der Waals surface area contributed by atoms with Crippen LogP contribution in [0.25, 0.3) is 10.9 Å². The summed E-state index contributed by atoms with van der Waals surface area (Å²) in [5.74, 6) is -0.306. The number of hydroxylamine groups is 1. The number of amides is 2. The Bertz CT molecular complexity index is 1810. The van der Waals surface area contributed by atoms with Gasteiger partial charge >= 0.3 is 0 Å². The van der Waals surface area contributed by atoms with Crippen LogP contribution in [0.3, 0.4) is 0 Å². The van der Waals surface area contributed by atoms with Gasteiger partial charge < -0.3 is 5.32 Å². The lowest BCUT2D eigenvalue weighted by atomic mass is 9.71. The molecule has 0 bridgehead atoms. The SMILES string of the molecule is O=C(Cc1ccc(CC(C(=O)Nc2ccc(Cl)cc2)[C@H]2CC[C@@H](c3ccnc4ccc(F)cc43)CC2)cc1)NOCc1ccccc1. The number of carbonyl (C=O) groups excluding carboxylic acids is 2. The molecule has 0 radical (unpaired) electrons. The molecule has 6 rings (SSSR count). The largest absolute Gasteiger partial charge is 0.326 e.